The van der Waals surface area contributed by atoms with Crippen molar-refractivity contribution in [2.24, 2.45) is 11.8 Å². The summed E-state index contributed by atoms with van der Waals surface area (Å²) in [5.41, 5.74) is 2.94. The van der Waals surface area contributed by atoms with Crippen LogP contribution in [-0.4, -0.2) is 17.5 Å². The maximum absolute atomic E-state index is 5.52. The quantitative estimate of drug-likeness (QED) is 0.530. The summed E-state index contributed by atoms with van der Waals surface area (Å²) in [5.74, 6) is 9.16. The first kappa shape index (κ1) is 11.3. The van der Waals surface area contributed by atoms with Crippen molar-refractivity contribution in [3.05, 3.63) is 0 Å². The molecule has 2 nitrogen and oxygen atoms in total. The average Bonchev–Trinajstić information content (AvgIpc) is 2.19. The second kappa shape index (κ2) is 6.68. The predicted octanol–water partition coefficient (Wildman–Crippen LogP) is 2.15. The third kappa shape index (κ3) is 4.34. The molecule has 0 aromatic heterocycles. The smallest absolute Gasteiger partial charge is 0.0213 e. The van der Waals surface area contributed by atoms with E-state index in [1.807, 2.05) is 0 Å². The maximum atomic E-state index is 5.52. The highest BCUT2D eigenvalue weighted by Crippen LogP contribution is 2.26. The summed E-state index contributed by atoms with van der Waals surface area (Å²) in [5, 5.41) is 0. The van der Waals surface area contributed by atoms with Crippen LogP contribution in [0, 0.1) is 5.92 Å². The summed E-state index contributed by atoms with van der Waals surface area (Å²) in [6.45, 7) is 2.22. The number of hydrazine groups is 1. The van der Waals surface area contributed by atoms with Gasteiger partial charge < -0.3 is 0 Å². The molecule has 0 aliphatic carbocycles. The van der Waals surface area contributed by atoms with Gasteiger partial charge in [-0.1, -0.05) is 13.3 Å². The van der Waals surface area contributed by atoms with Crippen LogP contribution < -0.4 is 11.3 Å². The predicted molar refractivity (Wildman–Crippen MR) is 60.7 cm³/mol. The maximum Gasteiger partial charge on any atom is 0.0213 e. The van der Waals surface area contributed by atoms with Crippen molar-refractivity contribution in [3.8, 4) is 0 Å². The van der Waals surface area contributed by atoms with Crippen molar-refractivity contribution in [2.75, 3.05) is 11.5 Å². The second-order valence-corrected chi connectivity index (χ2v) is 5.17. The summed E-state index contributed by atoms with van der Waals surface area (Å²) < 4.78 is 0. The lowest BCUT2D eigenvalue weighted by Crippen LogP contribution is -2.37. The number of hydrogen-bond donors (Lipinski definition) is 2. The van der Waals surface area contributed by atoms with Gasteiger partial charge in [-0.2, -0.15) is 11.8 Å². The van der Waals surface area contributed by atoms with Crippen LogP contribution in [0.5, 0.6) is 0 Å². The highest BCUT2D eigenvalue weighted by Gasteiger charge is 2.17. The Bertz CT molecular complexity index is 121. The second-order valence-electron chi connectivity index (χ2n) is 3.94. The minimum Gasteiger partial charge on any atom is -0.271 e. The molecule has 1 heterocycles. The first-order chi connectivity index (χ1) is 6.36. The van der Waals surface area contributed by atoms with Crippen LogP contribution in [0.1, 0.15) is 39.0 Å². The summed E-state index contributed by atoms with van der Waals surface area (Å²) >= 11 is 2.10. The molecule has 1 atom stereocenters. The van der Waals surface area contributed by atoms with Gasteiger partial charge in [-0.05, 0) is 43.1 Å². The van der Waals surface area contributed by atoms with Gasteiger partial charge in [-0.15, -0.1) is 0 Å². The molecule has 1 saturated heterocycles. The normalized spacial score (nSPS) is 21.7. The van der Waals surface area contributed by atoms with Gasteiger partial charge in [-0.25, -0.2) is 0 Å². The molecule has 3 heteroatoms. The molecule has 0 amide bonds. The Balaban J connectivity index is 2.18. The Labute approximate surface area is 86.0 Å². The highest BCUT2D eigenvalue weighted by molar-refractivity contribution is 7.99. The van der Waals surface area contributed by atoms with Crippen molar-refractivity contribution >= 4 is 11.8 Å². The minimum atomic E-state index is 0.554. The number of nitrogens with one attached hydrogen (secondary N) is 1. The van der Waals surface area contributed by atoms with Gasteiger partial charge in [0.1, 0.15) is 0 Å². The highest BCUT2D eigenvalue weighted by atomic mass is 32.2. The molecule has 1 aliphatic heterocycles. The van der Waals surface area contributed by atoms with Crippen LogP contribution >= 0.6 is 11.8 Å². The summed E-state index contributed by atoms with van der Waals surface area (Å²) in [4.78, 5) is 0. The topological polar surface area (TPSA) is 38.0 Å². The molecule has 78 valence electrons. The minimum absolute atomic E-state index is 0.554. The van der Waals surface area contributed by atoms with Gasteiger partial charge in [0.15, 0.2) is 0 Å². The van der Waals surface area contributed by atoms with E-state index < -0.39 is 0 Å². The Hall–Kier alpha value is 0.270. The molecule has 3 N–H and O–H groups in total. The van der Waals surface area contributed by atoms with Crippen molar-refractivity contribution in [2.45, 2.75) is 45.1 Å². The van der Waals surface area contributed by atoms with E-state index in [-0.39, 0.29) is 0 Å². The van der Waals surface area contributed by atoms with Crippen LogP contribution in [0.4, 0.5) is 0 Å². The van der Waals surface area contributed by atoms with Gasteiger partial charge >= 0.3 is 0 Å². The zero-order chi connectivity index (χ0) is 9.52. The van der Waals surface area contributed by atoms with E-state index in [0.29, 0.717) is 6.04 Å². The number of nitrogens with two attached hydrogens (primary N) is 1. The third-order valence-electron chi connectivity index (χ3n) is 2.83. The fourth-order valence-corrected chi connectivity index (χ4v) is 3.21. The molecule has 0 radical (unpaired) electrons. The standard InChI is InChI=1S/C10H22N2S/c1-2-3-10(12-11)8-9-4-6-13-7-5-9/h9-10,12H,2-8,11H2,1H3. The SMILES string of the molecule is CCCC(CC1CCSCC1)NN. The van der Waals surface area contributed by atoms with Crippen molar-refractivity contribution < 1.29 is 0 Å². The molecule has 0 aromatic carbocycles. The summed E-state index contributed by atoms with van der Waals surface area (Å²) in [6, 6.07) is 0.554. The molecule has 0 aromatic rings. The van der Waals surface area contributed by atoms with Crippen LogP contribution in [0.2, 0.25) is 0 Å². The largest absolute Gasteiger partial charge is 0.271 e. The molecule has 0 spiro atoms. The Morgan fingerprint density at radius 2 is 2.15 bits per heavy atom. The van der Waals surface area contributed by atoms with Crippen molar-refractivity contribution in [1.29, 1.82) is 0 Å². The Kier molecular flexibility index (Phi) is 5.83. The van der Waals surface area contributed by atoms with Gasteiger partial charge in [0.25, 0.3) is 0 Å². The molecule has 0 saturated carbocycles. The van der Waals surface area contributed by atoms with E-state index in [2.05, 4.69) is 24.1 Å². The number of thioether (sulfide) groups is 1. The van der Waals surface area contributed by atoms with Crippen LogP contribution in [0.3, 0.4) is 0 Å². The van der Waals surface area contributed by atoms with Gasteiger partial charge in [0.2, 0.25) is 0 Å². The molecule has 0 bridgehead atoms. The van der Waals surface area contributed by atoms with Crippen LogP contribution in [-0.2, 0) is 0 Å². The van der Waals surface area contributed by atoms with E-state index in [9.17, 15) is 0 Å². The first-order valence-electron chi connectivity index (χ1n) is 5.40. The molecule has 1 unspecified atom stereocenters. The Morgan fingerprint density at radius 1 is 1.46 bits per heavy atom. The van der Waals surface area contributed by atoms with Crippen molar-refractivity contribution in [1.82, 2.24) is 5.43 Å². The van der Waals surface area contributed by atoms with E-state index in [1.165, 1.54) is 43.6 Å². The fraction of sp³-hybridized carbons (Fsp3) is 1.00. The summed E-state index contributed by atoms with van der Waals surface area (Å²) in [7, 11) is 0. The van der Waals surface area contributed by atoms with E-state index in [0.717, 1.165) is 5.92 Å². The molecular weight excluding hydrogens is 180 g/mol. The molecule has 1 aliphatic rings. The Morgan fingerprint density at radius 3 is 2.69 bits per heavy atom. The zero-order valence-corrected chi connectivity index (χ0v) is 9.41. The number of hydrogen-bond acceptors (Lipinski definition) is 3. The zero-order valence-electron chi connectivity index (χ0n) is 8.59. The van der Waals surface area contributed by atoms with Crippen LogP contribution in [0.25, 0.3) is 0 Å². The lowest BCUT2D eigenvalue weighted by molar-refractivity contribution is 0.352. The fourth-order valence-electron chi connectivity index (χ4n) is 2.00. The monoisotopic (exact) mass is 202 g/mol. The molecule has 13 heavy (non-hydrogen) atoms. The van der Waals surface area contributed by atoms with Gasteiger partial charge in [0.05, 0.1) is 0 Å². The molecular formula is C10H22N2S. The molecule has 1 rings (SSSR count). The number of rotatable bonds is 5. The molecule has 1 fully saturated rings. The van der Waals surface area contributed by atoms with E-state index in [1.54, 1.807) is 0 Å². The van der Waals surface area contributed by atoms with E-state index >= 15 is 0 Å². The van der Waals surface area contributed by atoms with E-state index in [4.69, 9.17) is 5.84 Å². The van der Waals surface area contributed by atoms with Gasteiger partial charge in [0, 0.05) is 6.04 Å². The average molecular weight is 202 g/mol. The summed E-state index contributed by atoms with van der Waals surface area (Å²) in [6.07, 6.45) is 6.53. The third-order valence-corrected chi connectivity index (χ3v) is 3.88. The van der Waals surface area contributed by atoms with Crippen molar-refractivity contribution in [3.63, 3.8) is 0 Å². The first-order valence-corrected chi connectivity index (χ1v) is 6.56. The van der Waals surface area contributed by atoms with Gasteiger partial charge in [-0.3, -0.25) is 11.3 Å². The lowest BCUT2D eigenvalue weighted by atomic mass is 9.93. The van der Waals surface area contributed by atoms with Crippen LogP contribution in [0.15, 0.2) is 0 Å². The lowest BCUT2D eigenvalue weighted by Gasteiger charge is -2.25.